The predicted octanol–water partition coefficient (Wildman–Crippen LogP) is 1.95. The molecule has 1 aromatic heterocycles. The molecule has 0 saturated heterocycles. The molecule has 0 amide bonds. The second-order valence-corrected chi connectivity index (χ2v) is 4.88. The number of nitrogen functional groups attached to an aromatic ring is 1. The summed E-state index contributed by atoms with van der Waals surface area (Å²) < 4.78 is 19.8. The summed E-state index contributed by atoms with van der Waals surface area (Å²) in [6.07, 6.45) is 2.01. The van der Waals surface area contributed by atoms with E-state index in [1.54, 1.807) is 18.2 Å². The largest absolute Gasteiger partial charge is 0.465 e. The minimum Gasteiger partial charge on any atom is -0.465 e. The summed E-state index contributed by atoms with van der Waals surface area (Å²) in [7, 11) is 1.27. The maximum atomic E-state index is 13.9. The first-order valence-electron chi connectivity index (χ1n) is 6.60. The fourth-order valence-corrected chi connectivity index (χ4v) is 2.06. The Kier molecular flexibility index (Phi) is 3.25. The van der Waals surface area contributed by atoms with Gasteiger partial charge in [-0.3, -0.25) is 0 Å². The summed E-state index contributed by atoms with van der Waals surface area (Å²) >= 11 is 0. The van der Waals surface area contributed by atoms with Crippen LogP contribution in [0.3, 0.4) is 0 Å². The summed E-state index contributed by atoms with van der Waals surface area (Å²) in [5.74, 6) is -0.695. The molecule has 0 aliphatic heterocycles. The molecular weight excluding hydrogens is 275 g/mol. The number of nitrogens with zero attached hydrogens (tertiary/aromatic N) is 2. The maximum absolute atomic E-state index is 13.9. The van der Waals surface area contributed by atoms with Crippen LogP contribution in [0.2, 0.25) is 0 Å². The Balaban J connectivity index is 2.11. The van der Waals surface area contributed by atoms with Crippen molar-refractivity contribution in [2.45, 2.75) is 18.9 Å². The number of halogens is 1. The topological polar surface area (TPSA) is 82.2 Å². The van der Waals surface area contributed by atoms with Crippen molar-refractivity contribution in [3.8, 4) is 5.69 Å². The molecule has 1 fully saturated rings. The molecule has 1 aliphatic rings. The van der Waals surface area contributed by atoms with Crippen LogP contribution >= 0.6 is 0 Å². The van der Waals surface area contributed by atoms with Crippen LogP contribution in [0.4, 0.5) is 16.0 Å². The highest BCUT2D eigenvalue weighted by Gasteiger charge is 2.29. The first-order chi connectivity index (χ1) is 10.1. The smallest absolute Gasteiger partial charge is 0.345 e. The van der Waals surface area contributed by atoms with Crippen LogP contribution in [0.25, 0.3) is 5.69 Å². The lowest BCUT2D eigenvalue weighted by Gasteiger charge is -2.05. The summed E-state index contributed by atoms with van der Waals surface area (Å²) in [6.45, 7) is 0. The highest BCUT2D eigenvalue weighted by molar-refractivity contribution is 6.00. The summed E-state index contributed by atoms with van der Waals surface area (Å²) in [4.78, 5) is 11.9. The molecule has 1 saturated carbocycles. The number of esters is 1. The maximum Gasteiger partial charge on any atom is 0.345 e. The number of carbonyl (C=O) groups is 1. The Bertz CT molecular complexity index is 694. The Labute approximate surface area is 120 Å². The third kappa shape index (κ3) is 2.42. The first-order valence-corrected chi connectivity index (χ1v) is 6.60. The predicted molar refractivity (Wildman–Crippen MR) is 75.9 cm³/mol. The highest BCUT2D eigenvalue weighted by atomic mass is 19.1. The van der Waals surface area contributed by atoms with Gasteiger partial charge in [-0.1, -0.05) is 12.1 Å². The average molecular weight is 290 g/mol. The Morgan fingerprint density at radius 1 is 1.48 bits per heavy atom. The van der Waals surface area contributed by atoms with Crippen LogP contribution in [-0.4, -0.2) is 28.9 Å². The number of carbonyl (C=O) groups excluding carboxylic acids is 1. The fourth-order valence-electron chi connectivity index (χ4n) is 2.06. The third-order valence-corrected chi connectivity index (χ3v) is 3.31. The van der Waals surface area contributed by atoms with Gasteiger partial charge >= 0.3 is 5.97 Å². The van der Waals surface area contributed by atoms with Crippen LogP contribution in [-0.2, 0) is 4.74 Å². The molecule has 3 rings (SSSR count). The second kappa shape index (κ2) is 5.08. The number of hydrogen-bond acceptors (Lipinski definition) is 5. The molecule has 2 aromatic rings. The molecule has 0 atom stereocenters. The molecule has 6 nitrogen and oxygen atoms in total. The van der Waals surface area contributed by atoms with Crippen molar-refractivity contribution >= 4 is 17.6 Å². The van der Waals surface area contributed by atoms with Crippen molar-refractivity contribution in [2.75, 3.05) is 18.2 Å². The van der Waals surface area contributed by atoms with Crippen LogP contribution < -0.4 is 11.1 Å². The highest BCUT2D eigenvalue weighted by Crippen LogP contribution is 2.31. The summed E-state index contributed by atoms with van der Waals surface area (Å²) in [5.41, 5.74) is 6.29. The van der Waals surface area contributed by atoms with E-state index in [-0.39, 0.29) is 23.1 Å². The molecule has 1 aromatic carbocycles. The molecule has 0 radical (unpaired) electrons. The van der Waals surface area contributed by atoms with E-state index in [2.05, 4.69) is 10.4 Å². The number of benzene rings is 1. The van der Waals surface area contributed by atoms with Crippen molar-refractivity contribution in [2.24, 2.45) is 0 Å². The molecular formula is C14H15FN4O2. The van der Waals surface area contributed by atoms with E-state index in [1.165, 1.54) is 17.9 Å². The number of hydrogen-bond donors (Lipinski definition) is 2. The van der Waals surface area contributed by atoms with Crippen molar-refractivity contribution in [3.63, 3.8) is 0 Å². The van der Waals surface area contributed by atoms with Gasteiger partial charge in [0.1, 0.15) is 22.9 Å². The number of anilines is 2. The summed E-state index contributed by atoms with van der Waals surface area (Å²) in [5, 5.41) is 7.34. The zero-order valence-corrected chi connectivity index (χ0v) is 11.5. The SMILES string of the molecule is COC(=O)c1c(NC2CC2)nn(-c2ccccc2F)c1N. The molecule has 0 spiro atoms. The minimum atomic E-state index is -0.599. The molecule has 21 heavy (non-hydrogen) atoms. The molecule has 110 valence electrons. The lowest BCUT2D eigenvalue weighted by Crippen LogP contribution is -2.10. The normalized spacial score (nSPS) is 14.0. The van der Waals surface area contributed by atoms with E-state index < -0.39 is 11.8 Å². The zero-order valence-electron chi connectivity index (χ0n) is 11.5. The van der Waals surface area contributed by atoms with Gasteiger partial charge in [-0.15, -0.1) is 5.10 Å². The monoisotopic (exact) mass is 290 g/mol. The second-order valence-electron chi connectivity index (χ2n) is 4.88. The van der Waals surface area contributed by atoms with Gasteiger partial charge in [0.15, 0.2) is 5.82 Å². The molecule has 1 heterocycles. The quantitative estimate of drug-likeness (QED) is 0.841. The van der Waals surface area contributed by atoms with Gasteiger partial charge in [0.2, 0.25) is 0 Å². The van der Waals surface area contributed by atoms with Gasteiger partial charge in [-0.2, -0.15) is 0 Å². The Morgan fingerprint density at radius 2 is 2.19 bits per heavy atom. The Morgan fingerprint density at radius 3 is 2.81 bits per heavy atom. The van der Waals surface area contributed by atoms with Crippen molar-refractivity contribution in [1.82, 2.24) is 9.78 Å². The van der Waals surface area contributed by atoms with E-state index >= 15 is 0 Å². The number of nitrogens with two attached hydrogens (primary N) is 1. The van der Waals surface area contributed by atoms with Crippen LogP contribution in [0.1, 0.15) is 23.2 Å². The van der Waals surface area contributed by atoms with Gasteiger partial charge in [0, 0.05) is 6.04 Å². The fraction of sp³-hybridized carbons (Fsp3) is 0.286. The van der Waals surface area contributed by atoms with Crippen molar-refractivity contribution in [1.29, 1.82) is 0 Å². The lowest BCUT2D eigenvalue weighted by molar-refractivity contribution is 0.0603. The number of nitrogens with one attached hydrogen (secondary N) is 1. The number of ether oxygens (including phenoxy) is 1. The first kappa shape index (κ1) is 13.4. The van der Waals surface area contributed by atoms with Crippen molar-refractivity contribution < 1.29 is 13.9 Å². The third-order valence-electron chi connectivity index (χ3n) is 3.31. The van der Waals surface area contributed by atoms with E-state index in [1.807, 2.05) is 0 Å². The lowest BCUT2D eigenvalue weighted by atomic mass is 10.2. The molecule has 7 heteroatoms. The van der Waals surface area contributed by atoms with E-state index in [9.17, 15) is 9.18 Å². The average Bonchev–Trinajstić information content (AvgIpc) is 3.23. The Hall–Kier alpha value is -2.57. The van der Waals surface area contributed by atoms with Gasteiger partial charge in [-0.05, 0) is 25.0 Å². The zero-order chi connectivity index (χ0) is 15.0. The van der Waals surface area contributed by atoms with Crippen LogP contribution in [0.15, 0.2) is 24.3 Å². The number of aromatic nitrogens is 2. The summed E-state index contributed by atoms with van der Waals surface area (Å²) in [6, 6.07) is 6.37. The van der Waals surface area contributed by atoms with E-state index in [0.29, 0.717) is 5.82 Å². The van der Waals surface area contributed by atoms with Gasteiger partial charge in [0.25, 0.3) is 0 Å². The van der Waals surface area contributed by atoms with Crippen molar-refractivity contribution in [3.05, 3.63) is 35.6 Å². The van der Waals surface area contributed by atoms with Crippen LogP contribution in [0, 0.1) is 5.82 Å². The van der Waals surface area contributed by atoms with Gasteiger partial charge in [-0.25, -0.2) is 13.9 Å². The number of para-hydroxylation sites is 1. The van der Waals surface area contributed by atoms with Gasteiger partial charge < -0.3 is 15.8 Å². The number of methoxy groups -OCH3 is 1. The van der Waals surface area contributed by atoms with Gasteiger partial charge in [0.05, 0.1) is 7.11 Å². The molecule has 0 unspecified atom stereocenters. The minimum absolute atomic E-state index is 0.0510. The molecule has 1 aliphatic carbocycles. The van der Waals surface area contributed by atoms with Crippen LogP contribution in [0.5, 0.6) is 0 Å². The van der Waals surface area contributed by atoms with E-state index in [4.69, 9.17) is 10.5 Å². The standard InChI is InChI=1S/C14H15FN4O2/c1-21-14(20)11-12(16)19(10-5-3-2-4-9(10)15)18-13(11)17-8-6-7-8/h2-5,8H,6-7,16H2,1H3,(H,17,18). The number of rotatable bonds is 4. The molecule has 3 N–H and O–H groups in total. The molecule has 0 bridgehead atoms. The van der Waals surface area contributed by atoms with E-state index in [0.717, 1.165) is 12.8 Å².